The minimum atomic E-state index is -0.220. The Balaban J connectivity index is 2.03. The second kappa shape index (κ2) is 5.33. The van der Waals surface area contributed by atoms with Crippen LogP contribution in [0.2, 0.25) is 0 Å². The van der Waals surface area contributed by atoms with Gasteiger partial charge in [-0.25, -0.2) is 0 Å². The number of fused-ring (bicyclic) bond motifs is 1. The summed E-state index contributed by atoms with van der Waals surface area (Å²) in [4.78, 5) is 25.1. The van der Waals surface area contributed by atoms with Crippen molar-refractivity contribution < 1.29 is 14.7 Å². The van der Waals surface area contributed by atoms with Crippen LogP contribution in [0.15, 0.2) is 24.3 Å². The molecule has 1 N–H and O–H groups in total. The van der Waals surface area contributed by atoms with E-state index in [4.69, 9.17) is 5.11 Å². The molecule has 0 saturated carbocycles. The third-order valence-corrected chi connectivity index (χ3v) is 3.56. The smallest absolute Gasteiger partial charge is 0.262 e. The van der Waals surface area contributed by atoms with Crippen LogP contribution in [-0.2, 0) is 0 Å². The zero-order valence-corrected chi connectivity index (χ0v) is 10.1. The Morgan fingerprint density at radius 2 is 1.71 bits per heavy atom. The van der Waals surface area contributed by atoms with Crippen molar-refractivity contribution in [2.24, 2.45) is 0 Å². The lowest BCUT2D eigenvalue weighted by Gasteiger charge is -2.12. The lowest BCUT2D eigenvalue weighted by Crippen LogP contribution is -2.29. The summed E-state index contributed by atoms with van der Waals surface area (Å²) in [5, 5.41) is 8.64. The van der Waals surface area contributed by atoms with Crippen molar-refractivity contribution in [2.75, 3.05) is 18.2 Å². The fraction of sp³-hybridized carbons (Fsp3) is 0.333. The van der Waals surface area contributed by atoms with E-state index in [1.165, 1.54) is 16.7 Å². The molecule has 0 saturated heterocycles. The van der Waals surface area contributed by atoms with Crippen LogP contribution in [-0.4, -0.2) is 40.1 Å². The van der Waals surface area contributed by atoms with E-state index in [9.17, 15) is 9.59 Å². The summed E-state index contributed by atoms with van der Waals surface area (Å²) in [5.74, 6) is 0.653. The van der Waals surface area contributed by atoms with E-state index < -0.39 is 0 Å². The van der Waals surface area contributed by atoms with Gasteiger partial charge in [-0.1, -0.05) is 12.1 Å². The standard InChI is InChI=1S/C12H13NO3S/c14-6-3-7-17-8-13-11(15)9-4-1-2-5-10(9)12(13)16/h1-2,4-5,14H,3,6-8H2. The summed E-state index contributed by atoms with van der Waals surface area (Å²) in [6.45, 7) is 0.134. The summed E-state index contributed by atoms with van der Waals surface area (Å²) in [5.41, 5.74) is 0.973. The number of hydrogen-bond acceptors (Lipinski definition) is 4. The fourth-order valence-corrected chi connectivity index (χ4v) is 2.56. The molecule has 17 heavy (non-hydrogen) atoms. The number of aliphatic hydroxyl groups is 1. The summed E-state index contributed by atoms with van der Waals surface area (Å²) in [6, 6.07) is 6.86. The van der Waals surface area contributed by atoms with Gasteiger partial charge < -0.3 is 5.11 Å². The number of imide groups is 1. The molecule has 0 bridgehead atoms. The van der Waals surface area contributed by atoms with Crippen LogP contribution >= 0.6 is 11.8 Å². The Morgan fingerprint density at radius 3 is 2.24 bits per heavy atom. The first-order valence-electron chi connectivity index (χ1n) is 5.39. The molecule has 1 aliphatic heterocycles. The molecule has 0 spiro atoms. The van der Waals surface area contributed by atoms with Gasteiger partial charge in [0.05, 0.1) is 17.0 Å². The highest BCUT2D eigenvalue weighted by Gasteiger charge is 2.34. The molecule has 4 nitrogen and oxygen atoms in total. The normalized spacial score (nSPS) is 14.3. The second-order valence-electron chi connectivity index (χ2n) is 3.70. The van der Waals surface area contributed by atoms with Crippen LogP contribution in [0, 0.1) is 0 Å². The molecular weight excluding hydrogens is 238 g/mol. The van der Waals surface area contributed by atoms with E-state index in [1.807, 2.05) is 0 Å². The number of aliphatic hydroxyl groups excluding tert-OH is 1. The number of carbonyl (C=O) groups is 2. The SMILES string of the molecule is O=C1c2ccccc2C(=O)N1CSCCCO. The van der Waals surface area contributed by atoms with Crippen LogP contribution in [0.5, 0.6) is 0 Å². The van der Waals surface area contributed by atoms with E-state index in [-0.39, 0.29) is 18.4 Å². The summed E-state index contributed by atoms with van der Waals surface area (Å²) >= 11 is 1.48. The first kappa shape index (κ1) is 12.1. The van der Waals surface area contributed by atoms with Gasteiger partial charge in [0.15, 0.2) is 0 Å². The number of nitrogens with zero attached hydrogens (tertiary/aromatic N) is 1. The number of benzene rings is 1. The van der Waals surface area contributed by atoms with Crippen molar-refractivity contribution in [1.82, 2.24) is 4.90 Å². The highest BCUT2D eigenvalue weighted by Crippen LogP contribution is 2.24. The van der Waals surface area contributed by atoms with Crippen molar-refractivity contribution >= 4 is 23.6 Å². The minimum absolute atomic E-state index is 0.134. The Bertz CT molecular complexity index is 412. The van der Waals surface area contributed by atoms with E-state index in [1.54, 1.807) is 24.3 Å². The molecule has 0 aliphatic carbocycles. The Morgan fingerprint density at radius 1 is 1.12 bits per heavy atom. The first-order valence-corrected chi connectivity index (χ1v) is 6.55. The molecule has 2 rings (SSSR count). The predicted molar refractivity (Wildman–Crippen MR) is 66.0 cm³/mol. The zero-order valence-electron chi connectivity index (χ0n) is 9.26. The summed E-state index contributed by atoms with van der Waals surface area (Å²) < 4.78 is 0. The molecule has 0 unspecified atom stereocenters. The molecule has 0 fully saturated rings. The second-order valence-corrected chi connectivity index (χ2v) is 4.77. The average Bonchev–Trinajstić information content (AvgIpc) is 2.60. The van der Waals surface area contributed by atoms with Gasteiger partial charge >= 0.3 is 0 Å². The van der Waals surface area contributed by atoms with Gasteiger partial charge in [-0.05, 0) is 24.3 Å². The molecule has 5 heteroatoms. The molecule has 1 heterocycles. The average molecular weight is 251 g/mol. The lowest BCUT2D eigenvalue weighted by molar-refractivity contribution is 0.0684. The molecule has 0 atom stereocenters. The molecule has 1 aromatic rings. The molecule has 90 valence electrons. The molecule has 0 aromatic heterocycles. The van der Waals surface area contributed by atoms with Crippen LogP contribution in [0.3, 0.4) is 0 Å². The van der Waals surface area contributed by atoms with Crippen molar-refractivity contribution in [2.45, 2.75) is 6.42 Å². The number of carbonyl (C=O) groups excluding carboxylic acids is 2. The Labute approximate surface area is 104 Å². The molecular formula is C12H13NO3S. The third-order valence-electron chi connectivity index (χ3n) is 2.55. The maximum Gasteiger partial charge on any atom is 0.262 e. The first-order chi connectivity index (χ1) is 8.25. The van der Waals surface area contributed by atoms with E-state index in [0.29, 0.717) is 23.4 Å². The van der Waals surface area contributed by atoms with Crippen molar-refractivity contribution in [1.29, 1.82) is 0 Å². The van der Waals surface area contributed by atoms with Crippen molar-refractivity contribution in [3.8, 4) is 0 Å². The maximum absolute atomic E-state index is 11.9. The number of hydrogen-bond donors (Lipinski definition) is 1. The molecule has 1 aromatic carbocycles. The predicted octanol–water partition coefficient (Wildman–Crippen LogP) is 1.36. The Kier molecular flexibility index (Phi) is 3.81. The van der Waals surface area contributed by atoms with Gasteiger partial charge in [-0.2, -0.15) is 0 Å². The summed E-state index contributed by atoms with van der Waals surface area (Å²) in [7, 11) is 0. The van der Waals surface area contributed by atoms with E-state index in [0.717, 1.165) is 5.75 Å². The summed E-state index contributed by atoms with van der Waals surface area (Å²) in [6.07, 6.45) is 0.674. The van der Waals surface area contributed by atoms with Crippen LogP contribution in [0.1, 0.15) is 27.1 Å². The van der Waals surface area contributed by atoms with Gasteiger partial charge in [-0.3, -0.25) is 14.5 Å². The largest absolute Gasteiger partial charge is 0.396 e. The van der Waals surface area contributed by atoms with Gasteiger partial charge in [0.2, 0.25) is 0 Å². The topological polar surface area (TPSA) is 57.6 Å². The molecule has 0 radical (unpaired) electrons. The monoisotopic (exact) mass is 251 g/mol. The van der Waals surface area contributed by atoms with Gasteiger partial charge in [0.1, 0.15) is 0 Å². The Hall–Kier alpha value is -1.33. The van der Waals surface area contributed by atoms with Crippen LogP contribution in [0.25, 0.3) is 0 Å². The maximum atomic E-state index is 11.9. The van der Waals surface area contributed by atoms with Gasteiger partial charge in [0, 0.05) is 6.61 Å². The van der Waals surface area contributed by atoms with E-state index in [2.05, 4.69) is 0 Å². The third kappa shape index (κ3) is 2.35. The van der Waals surface area contributed by atoms with Gasteiger partial charge in [0.25, 0.3) is 11.8 Å². The number of amides is 2. The van der Waals surface area contributed by atoms with Crippen LogP contribution in [0.4, 0.5) is 0 Å². The minimum Gasteiger partial charge on any atom is -0.396 e. The number of rotatable bonds is 5. The lowest BCUT2D eigenvalue weighted by atomic mass is 10.1. The van der Waals surface area contributed by atoms with E-state index >= 15 is 0 Å². The molecule has 2 amide bonds. The molecule has 1 aliphatic rings. The van der Waals surface area contributed by atoms with Crippen LogP contribution < -0.4 is 0 Å². The quantitative estimate of drug-likeness (QED) is 0.634. The fourth-order valence-electron chi connectivity index (χ4n) is 1.68. The van der Waals surface area contributed by atoms with Gasteiger partial charge in [-0.15, -0.1) is 11.8 Å². The zero-order chi connectivity index (χ0) is 12.3. The highest BCUT2D eigenvalue weighted by molar-refractivity contribution is 7.99. The van der Waals surface area contributed by atoms with Crippen molar-refractivity contribution in [3.05, 3.63) is 35.4 Å². The number of thioether (sulfide) groups is 1. The van der Waals surface area contributed by atoms with Crippen molar-refractivity contribution in [3.63, 3.8) is 0 Å². The highest BCUT2D eigenvalue weighted by atomic mass is 32.2.